The van der Waals surface area contributed by atoms with Crippen molar-refractivity contribution in [3.05, 3.63) is 48.4 Å². The molecule has 0 amide bonds. The Morgan fingerprint density at radius 2 is 2.00 bits per heavy atom. The molecule has 2 N–H and O–H groups in total. The van der Waals surface area contributed by atoms with Crippen molar-refractivity contribution >= 4 is 16.9 Å². The van der Waals surface area contributed by atoms with Gasteiger partial charge >= 0.3 is 0 Å². The molecule has 2 heterocycles. The van der Waals surface area contributed by atoms with Gasteiger partial charge in [0.2, 0.25) is 0 Å². The average molecular weight is 311 g/mol. The summed E-state index contributed by atoms with van der Waals surface area (Å²) in [5.41, 5.74) is 2.01. The highest BCUT2D eigenvalue weighted by atomic mass is 16.3. The van der Waals surface area contributed by atoms with Gasteiger partial charge in [0, 0.05) is 19.5 Å². The Hall–Kier alpha value is -2.47. The quantitative estimate of drug-likeness (QED) is 0.731. The molecular weight excluding hydrogens is 290 g/mol. The van der Waals surface area contributed by atoms with E-state index in [4.69, 9.17) is 0 Å². The minimum absolute atomic E-state index is 0.206. The molecule has 0 spiro atoms. The SMILES string of the molecule is CC(O)CC(CNc1ncnc2c1cnn2C)c1ccccc1. The molecule has 6 heteroatoms. The van der Waals surface area contributed by atoms with Gasteiger partial charge < -0.3 is 10.4 Å². The van der Waals surface area contributed by atoms with Crippen LogP contribution in [0.2, 0.25) is 0 Å². The first-order valence-electron chi connectivity index (χ1n) is 7.74. The van der Waals surface area contributed by atoms with Crippen molar-refractivity contribution in [1.29, 1.82) is 0 Å². The molecule has 0 saturated carbocycles. The molecule has 2 aromatic heterocycles. The third-order valence-corrected chi connectivity index (χ3v) is 3.94. The summed E-state index contributed by atoms with van der Waals surface area (Å²) in [7, 11) is 1.86. The van der Waals surface area contributed by atoms with Crippen molar-refractivity contribution in [1.82, 2.24) is 19.7 Å². The molecule has 6 nitrogen and oxygen atoms in total. The summed E-state index contributed by atoms with van der Waals surface area (Å²) < 4.78 is 1.73. The fourth-order valence-corrected chi connectivity index (χ4v) is 2.80. The van der Waals surface area contributed by atoms with Gasteiger partial charge in [-0.3, -0.25) is 4.68 Å². The van der Waals surface area contributed by atoms with E-state index in [-0.39, 0.29) is 12.0 Å². The summed E-state index contributed by atoms with van der Waals surface area (Å²) in [6, 6.07) is 10.2. The Kier molecular flexibility index (Phi) is 4.52. The van der Waals surface area contributed by atoms with Crippen LogP contribution < -0.4 is 5.32 Å². The molecule has 3 aromatic rings. The lowest BCUT2D eigenvalue weighted by atomic mass is 9.93. The Morgan fingerprint density at radius 1 is 1.22 bits per heavy atom. The maximum Gasteiger partial charge on any atom is 0.163 e. The maximum absolute atomic E-state index is 9.79. The van der Waals surface area contributed by atoms with Crippen LogP contribution in [0.4, 0.5) is 5.82 Å². The maximum atomic E-state index is 9.79. The number of nitrogens with one attached hydrogen (secondary N) is 1. The van der Waals surface area contributed by atoms with Crippen LogP contribution in [-0.2, 0) is 7.05 Å². The molecule has 0 aliphatic carbocycles. The first-order valence-corrected chi connectivity index (χ1v) is 7.74. The van der Waals surface area contributed by atoms with E-state index in [1.165, 1.54) is 5.56 Å². The number of nitrogens with zero attached hydrogens (tertiary/aromatic N) is 4. The normalized spacial score (nSPS) is 13.9. The first-order chi connectivity index (χ1) is 11.1. The molecule has 0 aliphatic heterocycles. The van der Waals surface area contributed by atoms with Crippen molar-refractivity contribution in [2.75, 3.05) is 11.9 Å². The summed E-state index contributed by atoms with van der Waals surface area (Å²) in [6.45, 7) is 2.51. The summed E-state index contributed by atoms with van der Waals surface area (Å²) >= 11 is 0. The molecule has 2 atom stereocenters. The average Bonchev–Trinajstić information content (AvgIpc) is 2.94. The lowest BCUT2D eigenvalue weighted by Gasteiger charge is -2.20. The van der Waals surface area contributed by atoms with E-state index in [2.05, 4.69) is 32.5 Å². The molecule has 23 heavy (non-hydrogen) atoms. The van der Waals surface area contributed by atoms with Crippen LogP contribution in [0.3, 0.4) is 0 Å². The molecule has 3 rings (SSSR count). The second-order valence-electron chi connectivity index (χ2n) is 5.80. The highest BCUT2D eigenvalue weighted by Crippen LogP contribution is 2.24. The monoisotopic (exact) mass is 311 g/mol. The topological polar surface area (TPSA) is 75.9 Å². The van der Waals surface area contributed by atoms with E-state index < -0.39 is 0 Å². The fourth-order valence-electron chi connectivity index (χ4n) is 2.80. The van der Waals surface area contributed by atoms with Crippen molar-refractivity contribution in [2.24, 2.45) is 7.05 Å². The number of benzene rings is 1. The summed E-state index contributed by atoms with van der Waals surface area (Å²) in [5.74, 6) is 0.979. The van der Waals surface area contributed by atoms with Crippen molar-refractivity contribution in [3.8, 4) is 0 Å². The zero-order chi connectivity index (χ0) is 16.2. The lowest BCUT2D eigenvalue weighted by Crippen LogP contribution is -2.18. The van der Waals surface area contributed by atoms with Crippen LogP contribution in [0.25, 0.3) is 11.0 Å². The van der Waals surface area contributed by atoms with Gasteiger partial charge in [0.05, 0.1) is 17.7 Å². The van der Waals surface area contributed by atoms with E-state index in [0.717, 1.165) is 16.9 Å². The third-order valence-electron chi connectivity index (χ3n) is 3.94. The Morgan fingerprint density at radius 3 is 2.74 bits per heavy atom. The number of fused-ring (bicyclic) bond motifs is 1. The van der Waals surface area contributed by atoms with Gasteiger partial charge in [-0.15, -0.1) is 0 Å². The molecule has 0 bridgehead atoms. The molecule has 0 fully saturated rings. The van der Waals surface area contributed by atoms with Gasteiger partial charge in [0.15, 0.2) is 5.65 Å². The van der Waals surface area contributed by atoms with Crippen LogP contribution in [-0.4, -0.2) is 37.5 Å². The van der Waals surface area contributed by atoms with E-state index >= 15 is 0 Å². The predicted octanol–water partition coefficient (Wildman–Crippen LogP) is 2.33. The number of hydrogen-bond donors (Lipinski definition) is 2. The third kappa shape index (κ3) is 3.48. The van der Waals surface area contributed by atoms with Crippen molar-refractivity contribution in [2.45, 2.75) is 25.4 Å². The smallest absolute Gasteiger partial charge is 0.163 e. The highest BCUT2D eigenvalue weighted by molar-refractivity contribution is 5.85. The summed E-state index contributed by atoms with van der Waals surface area (Å²) in [6.07, 6.45) is 3.64. The number of hydrogen-bond acceptors (Lipinski definition) is 5. The van der Waals surface area contributed by atoms with Crippen LogP contribution in [0.5, 0.6) is 0 Å². The van der Waals surface area contributed by atoms with E-state index in [9.17, 15) is 5.11 Å². The molecule has 1 aromatic carbocycles. The lowest BCUT2D eigenvalue weighted by molar-refractivity contribution is 0.175. The van der Waals surface area contributed by atoms with Gasteiger partial charge in [-0.2, -0.15) is 5.10 Å². The number of aromatic nitrogens is 4. The number of aryl methyl sites for hydroxylation is 1. The summed E-state index contributed by atoms with van der Waals surface area (Å²) in [4.78, 5) is 8.57. The molecular formula is C17H21N5O. The predicted molar refractivity (Wildman–Crippen MR) is 90.3 cm³/mol. The van der Waals surface area contributed by atoms with Gasteiger partial charge in [-0.05, 0) is 18.9 Å². The van der Waals surface area contributed by atoms with Gasteiger partial charge in [0.1, 0.15) is 12.1 Å². The van der Waals surface area contributed by atoms with Crippen LogP contribution in [0, 0.1) is 0 Å². The van der Waals surface area contributed by atoms with Crippen molar-refractivity contribution < 1.29 is 5.11 Å². The minimum atomic E-state index is -0.356. The Bertz CT molecular complexity index is 769. The number of anilines is 1. The van der Waals surface area contributed by atoms with Crippen LogP contribution in [0.1, 0.15) is 24.8 Å². The molecule has 120 valence electrons. The van der Waals surface area contributed by atoms with E-state index in [0.29, 0.717) is 13.0 Å². The Balaban J connectivity index is 1.80. The number of rotatable bonds is 6. The highest BCUT2D eigenvalue weighted by Gasteiger charge is 2.15. The molecule has 0 aliphatic rings. The van der Waals surface area contributed by atoms with E-state index in [1.807, 2.05) is 32.2 Å². The largest absolute Gasteiger partial charge is 0.393 e. The van der Waals surface area contributed by atoms with Crippen LogP contribution >= 0.6 is 0 Å². The minimum Gasteiger partial charge on any atom is -0.393 e. The van der Waals surface area contributed by atoms with E-state index in [1.54, 1.807) is 17.2 Å². The van der Waals surface area contributed by atoms with Gasteiger partial charge in [-0.25, -0.2) is 9.97 Å². The Labute approximate surface area is 135 Å². The molecule has 0 saturated heterocycles. The first kappa shape index (κ1) is 15.4. The second kappa shape index (κ2) is 6.75. The number of aliphatic hydroxyl groups is 1. The number of aliphatic hydroxyl groups excluding tert-OH is 1. The summed E-state index contributed by atoms with van der Waals surface area (Å²) in [5, 5.41) is 18.3. The van der Waals surface area contributed by atoms with Gasteiger partial charge in [-0.1, -0.05) is 30.3 Å². The molecule has 2 unspecified atom stereocenters. The standard InChI is InChI=1S/C17H21N5O/c1-12(23)8-14(13-6-4-3-5-7-13)9-18-16-15-10-21-22(2)17(15)20-11-19-16/h3-7,10-12,14,23H,8-9H2,1-2H3,(H,18,19,20). The zero-order valence-corrected chi connectivity index (χ0v) is 13.3. The van der Waals surface area contributed by atoms with Gasteiger partial charge in [0.25, 0.3) is 0 Å². The van der Waals surface area contributed by atoms with Crippen LogP contribution in [0.15, 0.2) is 42.9 Å². The molecule has 0 radical (unpaired) electrons. The second-order valence-corrected chi connectivity index (χ2v) is 5.80. The van der Waals surface area contributed by atoms with Crippen molar-refractivity contribution in [3.63, 3.8) is 0 Å². The zero-order valence-electron chi connectivity index (χ0n) is 13.3. The fraction of sp³-hybridized carbons (Fsp3) is 0.353.